The second-order valence-corrected chi connectivity index (χ2v) is 7.09. The Morgan fingerprint density at radius 3 is 1.94 bits per heavy atom. The Bertz CT molecular complexity index is 338. The van der Waals surface area contributed by atoms with Crippen LogP contribution < -0.4 is 0 Å². The Labute approximate surface area is 103 Å². The van der Waals surface area contributed by atoms with Crippen LogP contribution in [0.3, 0.4) is 0 Å². The van der Waals surface area contributed by atoms with Crippen molar-refractivity contribution in [3.63, 3.8) is 0 Å². The van der Waals surface area contributed by atoms with E-state index in [4.69, 9.17) is 0 Å². The Morgan fingerprint density at radius 1 is 1.18 bits per heavy atom. The molecule has 0 aromatic rings. The SMILES string of the molecule is CC(C)(C)CC(=O)C1C(=O)CC(C)(C)CC1=O. The first-order valence-corrected chi connectivity index (χ1v) is 6.10. The number of carbonyl (C=O) groups excluding carboxylic acids is 3. The second-order valence-electron chi connectivity index (χ2n) is 7.09. The van der Waals surface area contributed by atoms with Crippen molar-refractivity contribution in [3.05, 3.63) is 0 Å². The maximum Gasteiger partial charge on any atom is 0.151 e. The fraction of sp³-hybridized carbons (Fsp3) is 0.786. The Morgan fingerprint density at radius 2 is 1.59 bits per heavy atom. The van der Waals surface area contributed by atoms with E-state index in [1.165, 1.54) is 0 Å². The summed E-state index contributed by atoms with van der Waals surface area (Å²) in [5, 5.41) is 0. The Balaban J connectivity index is 2.82. The molecule has 0 radical (unpaired) electrons. The van der Waals surface area contributed by atoms with Crippen LogP contribution in [-0.4, -0.2) is 17.3 Å². The van der Waals surface area contributed by atoms with Crippen LogP contribution in [-0.2, 0) is 14.4 Å². The highest BCUT2D eigenvalue weighted by atomic mass is 16.2. The summed E-state index contributed by atoms with van der Waals surface area (Å²) in [6.45, 7) is 9.60. The second kappa shape index (κ2) is 4.35. The van der Waals surface area contributed by atoms with Gasteiger partial charge < -0.3 is 0 Å². The summed E-state index contributed by atoms with van der Waals surface area (Å²) in [6.07, 6.45) is 0.953. The van der Waals surface area contributed by atoms with E-state index in [0.29, 0.717) is 12.8 Å². The molecule has 0 heterocycles. The molecule has 0 aliphatic heterocycles. The van der Waals surface area contributed by atoms with Crippen LogP contribution >= 0.6 is 0 Å². The highest BCUT2D eigenvalue weighted by Crippen LogP contribution is 2.35. The third-order valence-corrected chi connectivity index (χ3v) is 2.98. The van der Waals surface area contributed by atoms with Crippen molar-refractivity contribution in [2.24, 2.45) is 16.7 Å². The van der Waals surface area contributed by atoms with E-state index in [0.717, 1.165) is 0 Å². The number of carbonyl (C=O) groups is 3. The predicted octanol–water partition coefficient (Wildman–Crippen LogP) is 2.57. The quantitative estimate of drug-likeness (QED) is 0.695. The smallest absolute Gasteiger partial charge is 0.151 e. The largest absolute Gasteiger partial charge is 0.298 e. The molecule has 17 heavy (non-hydrogen) atoms. The monoisotopic (exact) mass is 238 g/mol. The molecule has 3 heteroatoms. The summed E-state index contributed by atoms with van der Waals surface area (Å²) in [7, 11) is 0. The molecule has 0 unspecified atom stereocenters. The zero-order chi connectivity index (χ0) is 13.4. The molecule has 0 N–H and O–H groups in total. The van der Waals surface area contributed by atoms with Gasteiger partial charge in [0.05, 0.1) is 0 Å². The van der Waals surface area contributed by atoms with E-state index in [1.54, 1.807) is 0 Å². The molecule has 0 aromatic carbocycles. The Kier molecular flexibility index (Phi) is 3.60. The predicted molar refractivity (Wildman–Crippen MR) is 65.6 cm³/mol. The van der Waals surface area contributed by atoms with Gasteiger partial charge in [-0.3, -0.25) is 14.4 Å². The molecule has 0 amide bonds. The maximum absolute atomic E-state index is 12.0. The third kappa shape index (κ3) is 3.76. The summed E-state index contributed by atoms with van der Waals surface area (Å²) in [5.41, 5.74) is -0.461. The van der Waals surface area contributed by atoms with Crippen LogP contribution in [0.25, 0.3) is 0 Å². The van der Waals surface area contributed by atoms with Gasteiger partial charge in [-0.2, -0.15) is 0 Å². The minimum Gasteiger partial charge on any atom is -0.298 e. The van der Waals surface area contributed by atoms with Crippen molar-refractivity contribution in [2.75, 3.05) is 0 Å². The maximum atomic E-state index is 12.0. The van der Waals surface area contributed by atoms with E-state index in [2.05, 4.69) is 0 Å². The van der Waals surface area contributed by atoms with Crippen LogP contribution in [0, 0.1) is 16.7 Å². The number of ketones is 3. The van der Waals surface area contributed by atoms with Gasteiger partial charge in [0, 0.05) is 19.3 Å². The average molecular weight is 238 g/mol. The van der Waals surface area contributed by atoms with Gasteiger partial charge in [0.25, 0.3) is 0 Å². The summed E-state index contributed by atoms with van der Waals surface area (Å²) in [4.78, 5) is 35.8. The van der Waals surface area contributed by atoms with Crippen LogP contribution in [0.1, 0.15) is 53.9 Å². The molecule has 0 aromatic heterocycles. The zero-order valence-electron chi connectivity index (χ0n) is 11.4. The molecular formula is C14H22O3. The standard InChI is InChI=1S/C14H22O3/c1-13(2,3)6-9(15)12-10(16)7-14(4,5)8-11(12)17/h12H,6-8H2,1-5H3. The summed E-state index contributed by atoms with van der Waals surface area (Å²) >= 11 is 0. The molecule has 0 bridgehead atoms. The van der Waals surface area contributed by atoms with Crippen LogP contribution in [0.4, 0.5) is 0 Å². The lowest BCUT2D eigenvalue weighted by molar-refractivity contribution is -0.145. The van der Waals surface area contributed by atoms with Crippen molar-refractivity contribution < 1.29 is 14.4 Å². The summed E-state index contributed by atoms with van der Waals surface area (Å²) in [6, 6.07) is 0. The molecule has 1 aliphatic rings. The highest BCUT2D eigenvalue weighted by molar-refractivity contribution is 6.20. The topological polar surface area (TPSA) is 51.2 Å². The van der Waals surface area contributed by atoms with Crippen LogP contribution in [0.15, 0.2) is 0 Å². The van der Waals surface area contributed by atoms with Crippen LogP contribution in [0.2, 0.25) is 0 Å². The van der Waals surface area contributed by atoms with Crippen molar-refractivity contribution in [3.8, 4) is 0 Å². The fourth-order valence-corrected chi connectivity index (χ4v) is 2.37. The summed E-state index contributed by atoms with van der Waals surface area (Å²) < 4.78 is 0. The normalized spacial score (nSPS) is 21.7. The molecule has 3 nitrogen and oxygen atoms in total. The molecule has 0 spiro atoms. The molecule has 0 saturated heterocycles. The first kappa shape index (κ1) is 14.1. The summed E-state index contributed by atoms with van der Waals surface area (Å²) in [5.74, 6) is -1.58. The van der Waals surface area contributed by atoms with Gasteiger partial charge in [0.2, 0.25) is 0 Å². The van der Waals surface area contributed by atoms with Gasteiger partial charge in [-0.1, -0.05) is 34.6 Å². The van der Waals surface area contributed by atoms with Gasteiger partial charge >= 0.3 is 0 Å². The fourth-order valence-electron chi connectivity index (χ4n) is 2.37. The van der Waals surface area contributed by atoms with Crippen molar-refractivity contribution in [2.45, 2.75) is 53.9 Å². The van der Waals surface area contributed by atoms with E-state index in [-0.39, 0.29) is 34.6 Å². The number of hydrogen-bond acceptors (Lipinski definition) is 3. The molecule has 1 aliphatic carbocycles. The minimum atomic E-state index is -0.984. The highest BCUT2D eigenvalue weighted by Gasteiger charge is 2.43. The van der Waals surface area contributed by atoms with Gasteiger partial charge in [0.1, 0.15) is 5.92 Å². The first-order valence-electron chi connectivity index (χ1n) is 6.10. The molecule has 96 valence electrons. The van der Waals surface area contributed by atoms with Gasteiger partial charge in [0.15, 0.2) is 17.3 Å². The lowest BCUT2D eigenvalue weighted by Crippen LogP contribution is -2.42. The van der Waals surface area contributed by atoms with E-state index >= 15 is 0 Å². The average Bonchev–Trinajstić information content (AvgIpc) is 1.94. The Hall–Kier alpha value is -0.990. The van der Waals surface area contributed by atoms with E-state index in [9.17, 15) is 14.4 Å². The van der Waals surface area contributed by atoms with Crippen LogP contribution in [0.5, 0.6) is 0 Å². The lowest BCUT2D eigenvalue weighted by Gasteiger charge is -2.32. The third-order valence-electron chi connectivity index (χ3n) is 2.98. The number of hydrogen-bond donors (Lipinski definition) is 0. The van der Waals surface area contributed by atoms with Crippen molar-refractivity contribution in [1.82, 2.24) is 0 Å². The van der Waals surface area contributed by atoms with Crippen molar-refractivity contribution in [1.29, 1.82) is 0 Å². The molecule has 1 rings (SSSR count). The van der Waals surface area contributed by atoms with Crippen molar-refractivity contribution >= 4 is 17.3 Å². The van der Waals surface area contributed by atoms with Gasteiger partial charge in [-0.15, -0.1) is 0 Å². The molecule has 1 fully saturated rings. The minimum absolute atomic E-state index is 0.176. The number of Topliss-reactive ketones (excluding diaryl/α,β-unsaturated/α-hetero) is 3. The molecule has 1 saturated carbocycles. The van der Waals surface area contributed by atoms with E-state index < -0.39 is 5.92 Å². The number of rotatable bonds is 2. The zero-order valence-corrected chi connectivity index (χ0v) is 11.4. The lowest BCUT2D eigenvalue weighted by atomic mass is 9.69. The van der Waals surface area contributed by atoms with E-state index in [1.807, 2.05) is 34.6 Å². The van der Waals surface area contributed by atoms with Gasteiger partial charge in [-0.05, 0) is 10.8 Å². The first-order chi connectivity index (χ1) is 7.52. The van der Waals surface area contributed by atoms with Gasteiger partial charge in [-0.25, -0.2) is 0 Å². The molecule has 0 atom stereocenters. The molecular weight excluding hydrogens is 216 g/mol.